The molecule has 0 aliphatic heterocycles. The summed E-state index contributed by atoms with van der Waals surface area (Å²) in [5.74, 6) is 0.804. The first-order chi connectivity index (χ1) is 13.1. The van der Waals surface area contributed by atoms with Gasteiger partial charge in [0.05, 0.1) is 12.4 Å². The van der Waals surface area contributed by atoms with E-state index in [0.29, 0.717) is 11.5 Å². The van der Waals surface area contributed by atoms with Crippen molar-refractivity contribution in [3.05, 3.63) is 76.5 Å². The second kappa shape index (κ2) is 8.66. The summed E-state index contributed by atoms with van der Waals surface area (Å²) in [5.41, 5.74) is 10.7. The van der Waals surface area contributed by atoms with Gasteiger partial charge in [0.25, 0.3) is 5.95 Å². The quantitative estimate of drug-likeness (QED) is 0.518. The van der Waals surface area contributed by atoms with E-state index < -0.39 is 0 Å². The third kappa shape index (κ3) is 5.43. The zero-order valence-corrected chi connectivity index (χ0v) is 15.5. The van der Waals surface area contributed by atoms with Gasteiger partial charge in [0.15, 0.2) is 5.82 Å². The molecule has 0 bridgehead atoms. The molecule has 1 heterocycles. The van der Waals surface area contributed by atoms with Crippen molar-refractivity contribution in [1.29, 1.82) is 0 Å². The molecule has 0 spiro atoms. The summed E-state index contributed by atoms with van der Waals surface area (Å²) in [6.07, 6.45) is 3.43. The number of hydrogen-bond acceptors (Lipinski definition) is 7. The zero-order chi connectivity index (χ0) is 19.1. The number of anilines is 2. The molecule has 2 N–H and O–H groups in total. The Labute approximate surface area is 158 Å². The Balaban J connectivity index is 1.63. The van der Waals surface area contributed by atoms with Crippen molar-refractivity contribution in [1.82, 2.24) is 15.2 Å². The number of aryl methyl sites for hydroxylation is 3. The highest BCUT2D eigenvalue weighted by Crippen LogP contribution is 2.10. The van der Waals surface area contributed by atoms with Crippen molar-refractivity contribution in [2.45, 2.75) is 20.8 Å². The largest absolute Gasteiger partial charge is 0.265 e. The Morgan fingerprint density at radius 1 is 0.704 bits per heavy atom. The summed E-state index contributed by atoms with van der Waals surface area (Å²) in [4.78, 5) is 4.34. The lowest BCUT2D eigenvalue weighted by atomic mass is 10.2. The number of rotatable bonds is 6. The fourth-order valence-electron chi connectivity index (χ4n) is 2.17. The first kappa shape index (κ1) is 18.2. The number of benzene rings is 2. The molecule has 0 amide bonds. The van der Waals surface area contributed by atoms with Gasteiger partial charge in [-0.3, -0.25) is 5.43 Å². The maximum Gasteiger partial charge on any atom is 0.265 e. The Morgan fingerprint density at radius 2 is 1.22 bits per heavy atom. The highest BCUT2D eigenvalue weighted by Gasteiger charge is 2.03. The highest BCUT2D eigenvalue weighted by molar-refractivity contribution is 5.80. The summed E-state index contributed by atoms with van der Waals surface area (Å²) in [6.45, 7) is 5.90. The van der Waals surface area contributed by atoms with Gasteiger partial charge in [0.1, 0.15) is 5.69 Å². The minimum atomic E-state index is 0.289. The number of hydrazone groups is 2. The monoisotopic (exact) mass is 359 g/mol. The lowest BCUT2D eigenvalue weighted by Crippen LogP contribution is -2.05. The molecule has 0 unspecified atom stereocenters. The molecule has 7 nitrogen and oxygen atoms in total. The molecule has 0 saturated heterocycles. The smallest absolute Gasteiger partial charge is 0.260 e. The number of nitrogens with one attached hydrogen (secondary N) is 2. The van der Waals surface area contributed by atoms with Crippen LogP contribution < -0.4 is 10.9 Å². The molecule has 0 aliphatic carbocycles. The van der Waals surface area contributed by atoms with Crippen LogP contribution in [0.15, 0.2) is 58.7 Å². The third-order valence-electron chi connectivity index (χ3n) is 3.77. The van der Waals surface area contributed by atoms with Crippen molar-refractivity contribution in [3.63, 3.8) is 0 Å². The summed E-state index contributed by atoms with van der Waals surface area (Å²) < 4.78 is 0. The van der Waals surface area contributed by atoms with Crippen LogP contribution in [0.4, 0.5) is 11.8 Å². The molecule has 27 heavy (non-hydrogen) atoms. The van der Waals surface area contributed by atoms with Gasteiger partial charge in [0, 0.05) is 0 Å². The predicted octanol–water partition coefficient (Wildman–Crippen LogP) is 3.69. The van der Waals surface area contributed by atoms with Crippen molar-refractivity contribution < 1.29 is 0 Å². The van der Waals surface area contributed by atoms with E-state index in [1.807, 2.05) is 69.3 Å². The van der Waals surface area contributed by atoms with Crippen LogP contribution in [-0.4, -0.2) is 27.6 Å². The van der Waals surface area contributed by atoms with E-state index in [2.05, 4.69) is 36.2 Å². The van der Waals surface area contributed by atoms with Gasteiger partial charge in [-0.2, -0.15) is 15.2 Å². The van der Waals surface area contributed by atoms with E-state index in [0.717, 1.165) is 11.1 Å². The zero-order valence-electron chi connectivity index (χ0n) is 15.5. The molecule has 3 aromatic rings. The maximum atomic E-state index is 4.34. The molecule has 136 valence electrons. The molecule has 3 rings (SSSR count). The van der Waals surface area contributed by atoms with E-state index in [4.69, 9.17) is 0 Å². The fourth-order valence-corrected chi connectivity index (χ4v) is 2.17. The van der Waals surface area contributed by atoms with Crippen LogP contribution in [0.2, 0.25) is 0 Å². The van der Waals surface area contributed by atoms with Crippen LogP contribution in [0.25, 0.3) is 0 Å². The SMILES string of the molecule is Cc1ccc(/C=N/Nc2nnc(C)c(N/N=C/c3ccc(C)cc3)n2)cc1. The van der Waals surface area contributed by atoms with Crippen LogP contribution in [0, 0.1) is 20.8 Å². The normalized spacial score (nSPS) is 11.2. The molecular weight excluding hydrogens is 338 g/mol. The first-order valence-corrected chi connectivity index (χ1v) is 8.53. The van der Waals surface area contributed by atoms with E-state index in [-0.39, 0.29) is 5.95 Å². The van der Waals surface area contributed by atoms with Crippen LogP contribution >= 0.6 is 0 Å². The van der Waals surface area contributed by atoms with E-state index >= 15 is 0 Å². The van der Waals surface area contributed by atoms with E-state index in [1.165, 1.54) is 11.1 Å². The van der Waals surface area contributed by atoms with Gasteiger partial charge in [-0.25, -0.2) is 5.43 Å². The van der Waals surface area contributed by atoms with Gasteiger partial charge in [0.2, 0.25) is 0 Å². The molecule has 7 heteroatoms. The summed E-state index contributed by atoms with van der Waals surface area (Å²) in [7, 11) is 0. The van der Waals surface area contributed by atoms with Gasteiger partial charge < -0.3 is 0 Å². The minimum Gasteiger partial charge on any atom is -0.260 e. The van der Waals surface area contributed by atoms with E-state index in [9.17, 15) is 0 Å². The topological polar surface area (TPSA) is 87.5 Å². The molecule has 1 aromatic heterocycles. The number of aromatic nitrogens is 3. The summed E-state index contributed by atoms with van der Waals surface area (Å²) >= 11 is 0. The van der Waals surface area contributed by atoms with Gasteiger partial charge >= 0.3 is 0 Å². The van der Waals surface area contributed by atoms with Crippen LogP contribution in [0.1, 0.15) is 27.9 Å². The molecular formula is C20H21N7. The van der Waals surface area contributed by atoms with E-state index in [1.54, 1.807) is 12.4 Å². The standard InChI is InChI=1S/C20H21N7/c1-14-4-8-17(9-5-14)12-21-25-19-16(3)24-27-20(23-19)26-22-13-18-10-6-15(2)7-11-18/h4-13H,1-3H3,(H2,23,25,26,27)/b21-12+,22-13+. The molecule has 0 aliphatic rings. The van der Waals surface area contributed by atoms with Crippen molar-refractivity contribution in [2.24, 2.45) is 10.2 Å². The Hall–Kier alpha value is -3.61. The van der Waals surface area contributed by atoms with Gasteiger partial charge in [-0.1, -0.05) is 59.7 Å². The average molecular weight is 359 g/mol. The Morgan fingerprint density at radius 3 is 1.78 bits per heavy atom. The molecule has 2 aromatic carbocycles. The lowest BCUT2D eigenvalue weighted by molar-refractivity contribution is 0.922. The average Bonchev–Trinajstić information content (AvgIpc) is 2.67. The molecule has 0 fully saturated rings. The van der Waals surface area contributed by atoms with Crippen molar-refractivity contribution in [2.75, 3.05) is 10.9 Å². The summed E-state index contributed by atoms with van der Waals surface area (Å²) in [5, 5.41) is 16.4. The van der Waals surface area contributed by atoms with Crippen LogP contribution in [-0.2, 0) is 0 Å². The maximum absolute atomic E-state index is 4.34. The Bertz CT molecular complexity index is 945. The fraction of sp³-hybridized carbons (Fsp3) is 0.150. The van der Waals surface area contributed by atoms with Crippen LogP contribution in [0.5, 0.6) is 0 Å². The van der Waals surface area contributed by atoms with Crippen LogP contribution in [0.3, 0.4) is 0 Å². The Kier molecular flexibility index (Phi) is 5.84. The summed E-state index contributed by atoms with van der Waals surface area (Å²) in [6, 6.07) is 16.1. The molecule has 0 radical (unpaired) electrons. The minimum absolute atomic E-state index is 0.289. The number of hydrogen-bond donors (Lipinski definition) is 2. The predicted molar refractivity (Wildman–Crippen MR) is 109 cm³/mol. The van der Waals surface area contributed by atoms with Gasteiger partial charge in [-0.05, 0) is 31.9 Å². The molecule has 0 saturated carbocycles. The second-order valence-corrected chi connectivity index (χ2v) is 6.13. The highest BCUT2D eigenvalue weighted by atomic mass is 15.4. The van der Waals surface area contributed by atoms with Gasteiger partial charge in [-0.15, -0.1) is 10.2 Å². The lowest BCUT2D eigenvalue weighted by Gasteiger charge is -2.04. The molecule has 0 atom stereocenters. The number of nitrogens with zero attached hydrogens (tertiary/aromatic N) is 5. The third-order valence-corrected chi connectivity index (χ3v) is 3.77. The van der Waals surface area contributed by atoms with Crippen molar-refractivity contribution >= 4 is 24.2 Å². The second-order valence-electron chi connectivity index (χ2n) is 6.13. The van der Waals surface area contributed by atoms with Crippen molar-refractivity contribution in [3.8, 4) is 0 Å². The first-order valence-electron chi connectivity index (χ1n) is 8.53.